The Morgan fingerprint density at radius 3 is 2.71 bits per heavy atom. The summed E-state index contributed by atoms with van der Waals surface area (Å²) in [4.78, 5) is 6.92. The van der Waals surface area contributed by atoms with Gasteiger partial charge in [0.2, 0.25) is 0 Å². The summed E-state index contributed by atoms with van der Waals surface area (Å²) in [5.74, 6) is 0. The van der Waals surface area contributed by atoms with Gasteiger partial charge < -0.3 is 5.32 Å². The van der Waals surface area contributed by atoms with Crippen LogP contribution in [0.25, 0.3) is 10.4 Å². The van der Waals surface area contributed by atoms with Crippen molar-refractivity contribution < 1.29 is 0 Å². The molecule has 0 aliphatic heterocycles. The molecule has 3 rings (SSSR count). The number of nitrogens with one attached hydrogen (secondary N) is 1. The number of anilines is 1. The Morgan fingerprint density at radius 2 is 1.95 bits per heavy atom. The van der Waals surface area contributed by atoms with Crippen LogP contribution in [0.2, 0.25) is 0 Å². The first-order valence-corrected chi connectivity index (χ1v) is 8.33. The van der Waals surface area contributed by atoms with Crippen molar-refractivity contribution in [2.45, 2.75) is 13.5 Å². The number of hydrogen-bond donors (Lipinski definition) is 1. The summed E-state index contributed by atoms with van der Waals surface area (Å²) in [5.41, 5.74) is 3.46. The molecule has 0 fully saturated rings. The second-order valence-electron chi connectivity index (χ2n) is 4.82. The van der Waals surface area contributed by atoms with Gasteiger partial charge in [-0.1, -0.05) is 30.3 Å². The normalized spacial score (nSPS) is 10.6. The molecule has 0 saturated heterocycles. The molecule has 0 atom stereocenters. The average molecular weight is 359 g/mol. The summed E-state index contributed by atoms with van der Waals surface area (Å²) in [6.07, 6.45) is 1.85. The van der Waals surface area contributed by atoms with Gasteiger partial charge >= 0.3 is 0 Å². The fourth-order valence-electron chi connectivity index (χ4n) is 2.07. The Morgan fingerprint density at radius 1 is 1.14 bits per heavy atom. The second kappa shape index (κ2) is 6.41. The van der Waals surface area contributed by atoms with E-state index in [1.807, 2.05) is 30.5 Å². The van der Waals surface area contributed by atoms with Crippen molar-refractivity contribution in [1.82, 2.24) is 4.98 Å². The van der Waals surface area contributed by atoms with E-state index in [1.165, 1.54) is 15.3 Å². The van der Waals surface area contributed by atoms with Crippen LogP contribution >= 0.6 is 27.3 Å². The van der Waals surface area contributed by atoms with E-state index in [1.54, 1.807) is 0 Å². The number of thiophene rings is 1. The molecular formula is C17H15BrN2S. The molecule has 2 aromatic heterocycles. The third-order valence-corrected chi connectivity index (χ3v) is 5.17. The number of aryl methyl sites for hydroxylation is 1. The van der Waals surface area contributed by atoms with Crippen LogP contribution in [0.3, 0.4) is 0 Å². The second-order valence-corrected chi connectivity index (χ2v) is 6.74. The molecule has 2 nitrogen and oxygen atoms in total. The van der Waals surface area contributed by atoms with Gasteiger partial charge in [0, 0.05) is 16.3 Å². The fraction of sp³-hybridized carbons (Fsp3) is 0.118. The summed E-state index contributed by atoms with van der Waals surface area (Å²) in [7, 11) is 0. The van der Waals surface area contributed by atoms with E-state index in [9.17, 15) is 0 Å². The van der Waals surface area contributed by atoms with Crippen LogP contribution in [0, 0.1) is 6.92 Å². The van der Waals surface area contributed by atoms with Gasteiger partial charge in [0.1, 0.15) is 4.60 Å². The highest BCUT2D eigenvalue weighted by molar-refractivity contribution is 9.10. The molecule has 2 heterocycles. The maximum atomic E-state index is 4.30. The van der Waals surface area contributed by atoms with Crippen LogP contribution in [0.4, 0.5) is 5.69 Å². The van der Waals surface area contributed by atoms with Crippen molar-refractivity contribution in [3.05, 3.63) is 69.8 Å². The monoisotopic (exact) mass is 358 g/mol. The summed E-state index contributed by atoms with van der Waals surface area (Å²) in [5, 5.41) is 3.42. The van der Waals surface area contributed by atoms with Gasteiger partial charge in [-0.2, -0.15) is 0 Å². The third kappa shape index (κ3) is 3.52. The molecule has 3 aromatic rings. The summed E-state index contributed by atoms with van der Waals surface area (Å²) < 4.78 is 0.899. The van der Waals surface area contributed by atoms with E-state index in [4.69, 9.17) is 0 Å². The molecular weight excluding hydrogens is 344 g/mol. The van der Waals surface area contributed by atoms with Crippen molar-refractivity contribution in [3.8, 4) is 10.4 Å². The van der Waals surface area contributed by atoms with Crippen molar-refractivity contribution in [2.24, 2.45) is 0 Å². The quantitative estimate of drug-likeness (QED) is 0.623. The average Bonchev–Trinajstić information content (AvgIpc) is 2.98. The number of halogens is 1. The Balaban J connectivity index is 1.69. The minimum Gasteiger partial charge on any atom is -0.379 e. The van der Waals surface area contributed by atoms with Crippen LogP contribution in [0.1, 0.15) is 10.4 Å². The predicted octanol–water partition coefficient (Wildman–Crippen LogP) is 5.49. The van der Waals surface area contributed by atoms with E-state index in [-0.39, 0.29) is 0 Å². The number of nitrogens with zero attached hydrogens (tertiary/aromatic N) is 1. The summed E-state index contributed by atoms with van der Waals surface area (Å²) in [6, 6.07) is 16.9. The molecule has 0 saturated carbocycles. The molecule has 0 unspecified atom stereocenters. The predicted molar refractivity (Wildman–Crippen MR) is 93.8 cm³/mol. The maximum Gasteiger partial charge on any atom is 0.109 e. The zero-order valence-corrected chi connectivity index (χ0v) is 14.0. The van der Waals surface area contributed by atoms with Crippen LogP contribution in [-0.2, 0) is 6.54 Å². The van der Waals surface area contributed by atoms with Crippen LogP contribution in [-0.4, -0.2) is 4.98 Å². The van der Waals surface area contributed by atoms with E-state index < -0.39 is 0 Å². The lowest BCUT2D eigenvalue weighted by atomic mass is 10.2. The number of pyridine rings is 1. The number of hydrogen-bond acceptors (Lipinski definition) is 3. The molecule has 0 aliphatic carbocycles. The first kappa shape index (κ1) is 14.3. The highest BCUT2D eigenvalue weighted by Crippen LogP contribution is 2.28. The summed E-state index contributed by atoms with van der Waals surface area (Å²) >= 11 is 5.24. The lowest BCUT2D eigenvalue weighted by Gasteiger charge is -2.06. The molecule has 0 amide bonds. The van der Waals surface area contributed by atoms with Gasteiger partial charge in [-0.3, -0.25) is 0 Å². The minimum absolute atomic E-state index is 0.820. The van der Waals surface area contributed by atoms with Gasteiger partial charge in [0.25, 0.3) is 0 Å². The molecule has 1 N–H and O–H groups in total. The lowest BCUT2D eigenvalue weighted by Crippen LogP contribution is -1.98. The number of rotatable bonds is 4. The Hall–Kier alpha value is -1.65. The SMILES string of the molecule is Cc1cc(NCc2ccc(-c3ccccc3)s2)cnc1Br. The van der Waals surface area contributed by atoms with Crippen LogP contribution < -0.4 is 5.32 Å². The first-order chi connectivity index (χ1) is 10.2. The third-order valence-electron chi connectivity index (χ3n) is 3.20. The Labute approximate surface area is 137 Å². The zero-order valence-electron chi connectivity index (χ0n) is 11.6. The maximum absolute atomic E-state index is 4.30. The van der Waals surface area contributed by atoms with Gasteiger partial charge in [-0.25, -0.2) is 4.98 Å². The van der Waals surface area contributed by atoms with Crippen LogP contribution in [0.5, 0.6) is 0 Å². The topological polar surface area (TPSA) is 24.9 Å². The van der Waals surface area contributed by atoms with Gasteiger partial charge in [0.05, 0.1) is 11.9 Å². The largest absolute Gasteiger partial charge is 0.379 e. The molecule has 0 bridgehead atoms. The Bertz CT molecular complexity index is 738. The van der Waals surface area contributed by atoms with Crippen molar-refractivity contribution in [1.29, 1.82) is 0 Å². The highest BCUT2D eigenvalue weighted by Gasteiger charge is 2.03. The molecule has 0 spiro atoms. The van der Waals surface area contributed by atoms with Gasteiger partial charge in [-0.05, 0) is 52.2 Å². The molecule has 21 heavy (non-hydrogen) atoms. The first-order valence-electron chi connectivity index (χ1n) is 6.72. The highest BCUT2D eigenvalue weighted by atomic mass is 79.9. The molecule has 0 radical (unpaired) electrons. The van der Waals surface area contributed by atoms with Gasteiger partial charge in [0.15, 0.2) is 0 Å². The standard InChI is InChI=1S/C17H15BrN2S/c1-12-9-14(10-20-17(12)18)19-11-15-7-8-16(21-15)13-5-3-2-4-6-13/h2-10,19H,11H2,1H3. The van der Waals surface area contributed by atoms with E-state index >= 15 is 0 Å². The smallest absolute Gasteiger partial charge is 0.109 e. The molecule has 0 aliphatic rings. The molecule has 1 aromatic carbocycles. The number of aromatic nitrogens is 1. The van der Waals surface area contributed by atoms with Crippen LogP contribution in [0.15, 0.2) is 59.3 Å². The Kier molecular flexibility index (Phi) is 4.36. The molecule has 106 valence electrons. The van der Waals surface area contributed by atoms with Crippen molar-refractivity contribution in [2.75, 3.05) is 5.32 Å². The summed E-state index contributed by atoms with van der Waals surface area (Å²) in [6.45, 7) is 2.86. The van der Waals surface area contributed by atoms with E-state index in [2.05, 4.69) is 68.7 Å². The van der Waals surface area contributed by atoms with Crippen molar-refractivity contribution in [3.63, 3.8) is 0 Å². The number of benzene rings is 1. The molecule has 4 heteroatoms. The van der Waals surface area contributed by atoms with Gasteiger partial charge in [-0.15, -0.1) is 11.3 Å². The lowest BCUT2D eigenvalue weighted by molar-refractivity contribution is 1.15. The fourth-order valence-corrected chi connectivity index (χ4v) is 3.24. The minimum atomic E-state index is 0.820. The van der Waals surface area contributed by atoms with E-state index in [0.29, 0.717) is 0 Å². The van der Waals surface area contributed by atoms with E-state index in [0.717, 1.165) is 22.4 Å². The zero-order chi connectivity index (χ0) is 14.7. The van der Waals surface area contributed by atoms with Crippen molar-refractivity contribution >= 4 is 33.0 Å².